The molecule has 0 spiro atoms. The number of rotatable bonds is 6. The summed E-state index contributed by atoms with van der Waals surface area (Å²) in [6, 6.07) is 10.9. The molecule has 3 heterocycles. The number of amides is 2. The van der Waals surface area contributed by atoms with Gasteiger partial charge in [0, 0.05) is 49.2 Å². The van der Waals surface area contributed by atoms with E-state index in [4.69, 9.17) is 4.52 Å². The molecule has 1 aliphatic heterocycles. The molecule has 0 unspecified atom stereocenters. The van der Waals surface area contributed by atoms with Gasteiger partial charge in [0.15, 0.2) is 11.5 Å². The Balaban J connectivity index is 1.07. The number of aromatic nitrogens is 2. The highest BCUT2D eigenvalue weighted by Crippen LogP contribution is 2.53. The van der Waals surface area contributed by atoms with E-state index >= 15 is 0 Å². The predicted molar refractivity (Wildman–Crippen MR) is 109 cm³/mol. The van der Waals surface area contributed by atoms with Crippen molar-refractivity contribution in [2.24, 2.45) is 17.8 Å². The summed E-state index contributed by atoms with van der Waals surface area (Å²) in [6.07, 6.45) is 4.18. The summed E-state index contributed by atoms with van der Waals surface area (Å²) in [6.45, 7) is 1.99. The number of carbonyl (C=O) groups excluding carboxylic acids is 2. The zero-order valence-electron chi connectivity index (χ0n) is 16.7. The monoisotopic (exact) mass is 420 g/mol. The molecule has 2 fully saturated rings. The van der Waals surface area contributed by atoms with Crippen LogP contribution in [0.2, 0.25) is 0 Å². The van der Waals surface area contributed by atoms with E-state index in [2.05, 4.69) is 15.5 Å². The van der Waals surface area contributed by atoms with E-state index in [0.29, 0.717) is 35.6 Å². The summed E-state index contributed by atoms with van der Waals surface area (Å²) >= 11 is 0. The summed E-state index contributed by atoms with van der Waals surface area (Å²) in [5.74, 6) is 1.31. The molecule has 2 amide bonds. The fourth-order valence-electron chi connectivity index (χ4n) is 4.49. The fraction of sp³-hybridized carbons (Fsp3) is 0.304. The van der Waals surface area contributed by atoms with Crippen molar-refractivity contribution in [3.63, 3.8) is 0 Å². The van der Waals surface area contributed by atoms with E-state index in [1.165, 1.54) is 24.3 Å². The van der Waals surface area contributed by atoms with Crippen LogP contribution < -0.4 is 5.32 Å². The highest BCUT2D eigenvalue weighted by atomic mass is 19.1. The van der Waals surface area contributed by atoms with E-state index in [1.807, 2.05) is 11.0 Å². The molecule has 3 atom stereocenters. The quantitative estimate of drug-likeness (QED) is 0.662. The molecule has 0 radical (unpaired) electrons. The van der Waals surface area contributed by atoms with Gasteiger partial charge in [-0.2, -0.15) is 0 Å². The number of pyridine rings is 1. The van der Waals surface area contributed by atoms with Gasteiger partial charge in [0.2, 0.25) is 0 Å². The third-order valence-corrected chi connectivity index (χ3v) is 6.20. The van der Waals surface area contributed by atoms with Gasteiger partial charge in [-0.1, -0.05) is 5.16 Å². The highest BCUT2D eigenvalue weighted by Gasteiger charge is 2.55. The van der Waals surface area contributed by atoms with Crippen LogP contribution in [0.15, 0.2) is 59.4 Å². The molecule has 158 valence electrons. The zero-order chi connectivity index (χ0) is 21.4. The lowest BCUT2D eigenvalue weighted by Crippen LogP contribution is -2.32. The highest BCUT2D eigenvalue weighted by molar-refractivity contribution is 5.94. The first kappa shape index (κ1) is 19.4. The molecule has 31 heavy (non-hydrogen) atoms. The molecule has 1 saturated heterocycles. The second-order valence-corrected chi connectivity index (χ2v) is 8.07. The van der Waals surface area contributed by atoms with E-state index in [0.717, 1.165) is 25.1 Å². The van der Waals surface area contributed by atoms with E-state index in [-0.39, 0.29) is 23.3 Å². The van der Waals surface area contributed by atoms with Crippen molar-refractivity contribution in [3.05, 3.63) is 71.9 Å². The van der Waals surface area contributed by atoms with Crippen molar-refractivity contribution in [2.75, 3.05) is 19.6 Å². The minimum Gasteiger partial charge on any atom is -0.355 e. The van der Waals surface area contributed by atoms with Gasteiger partial charge < -0.3 is 14.7 Å². The third-order valence-electron chi connectivity index (χ3n) is 6.20. The fourth-order valence-corrected chi connectivity index (χ4v) is 4.49. The van der Waals surface area contributed by atoms with Crippen LogP contribution in [0.5, 0.6) is 0 Å². The Labute approximate surface area is 178 Å². The maximum Gasteiger partial charge on any atom is 0.273 e. The van der Waals surface area contributed by atoms with Gasteiger partial charge in [0.1, 0.15) is 5.82 Å². The maximum atomic E-state index is 13.0. The zero-order valence-corrected chi connectivity index (χ0v) is 16.7. The number of piperidine rings is 1. The van der Waals surface area contributed by atoms with E-state index in [1.54, 1.807) is 24.5 Å². The van der Waals surface area contributed by atoms with Crippen LogP contribution in [-0.4, -0.2) is 46.5 Å². The second kappa shape index (κ2) is 7.94. The predicted octanol–water partition coefficient (Wildman–Crippen LogP) is 3.01. The van der Waals surface area contributed by atoms with Gasteiger partial charge in [-0.25, -0.2) is 4.39 Å². The molecule has 1 aliphatic carbocycles. The summed E-state index contributed by atoms with van der Waals surface area (Å²) in [5, 5.41) is 6.74. The molecule has 5 rings (SSSR count). The average Bonchev–Trinajstić information content (AvgIpc) is 3.19. The normalized spacial score (nSPS) is 21.6. The number of carbonyl (C=O) groups is 2. The van der Waals surface area contributed by atoms with Crippen molar-refractivity contribution in [1.29, 1.82) is 0 Å². The van der Waals surface area contributed by atoms with Crippen LogP contribution in [0.4, 0.5) is 4.39 Å². The Morgan fingerprint density at radius 1 is 1.16 bits per heavy atom. The molecule has 7 nitrogen and oxygen atoms in total. The second-order valence-electron chi connectivity index (χ2n) is 8.07. The lowest BCUT2D eigenvalue weighted by molar-refractivity contribution is 0.0767. The van der Waals surface area contributed by atoms with Crippen molar-refractivity contribution < 1.29 is 18.5 Å². The molecular formula is C23H21FN4O3. The van der Waals surface area contributed by atoms with Crippen molar-refractivity contribution in [1.82, 2.24) is 20.4 Å². The Hall–Kier alpha value is -3.55. The van der Waals surface area contributed by atoms with Gasteiger partial charge in [-0.05, 0) is 60.6 Å². The Kier molecular flexibility index (Phi) is 4.97. The van der Waals surface area contributed by atoms with Crippen molar-refractivity contribution in [2.45, 2.75) is 6.42 Å². The molecule has 1 saturated carbocycles. The smallest absolute Gasteiger partial charge is 0.273 e. The van der Waals surface area contributed by atoms with Gasteiger partial charge in [-0.15, -0.1) is 0 Å². The number of benzene rings is 1. The largest absolute Gasteiger partial charge is 0.355 e. The van der Waals surface area contributed by atoms with E-state index in [9.17, 15) is 14.0 Å². The number of halogens is 1. The van der Waals surface area contributed by atoms with Crippen LogP contribution in [0.1, 0.15) is 27.3 Å². The molecule has 2 aromatic heterocycles. The van der Waals surface area contributed by atoms with E-state index < -0.39 is 0 Å². The first-order chi connectivity index (χ1) is 15.1. The SMILES string of the molecule is O=C(NCC[C@@H]1[C@H]2CN(C(=O)c3ccc(F)cc3)C[C@@H]12)c1cc(-c2cccnc2)on1. The molecular weight excluding hydrogens is 399 g/mol. The van der Waals surface area contributed by atoms with Crippen LogP contribution >= 0.6 is 0 Å². The van der Waals surface area contributed by atoms with Crippen LogP contribution in [0.3, 0.4) is 0 Å². The Morgan fingerprint density at radius 3 is 2.65 bits per heavy atom. The molecule has 3 aromatic rings. The summed E-state index contributed by atoms with van der Waals surface area (Å²) in [4.78, 5) is 30.7. The molecule has 1 aromatic carbocycles. The lowest BCUT2D eigenvalue weighted by atomic mass is 10.1. The Morgan fingerprint density at radius 2 is 1.94 bits per heavy atom. The van der Waals surface area contributed by atoms with Gasteiger partial charge in [0.25, 0.3) is 11.8 Å². The number of hydrogen-bond donors (Lipinski definition) is 1. The molecule has 2 aliphatic rings. The third kappa shape index (κ3) is 3.93. The van der Waals surface area contributed by atoms with Crippen LogP contribution in [0.25, 0.3) is 11.3 Å². The van der Waals surface area contributed by atoms with Crippen LogP contribution in [0, 0.1) is 23.6 Å². The average molecular weight is 420 g/mol. The molecule has 0 bridgehead atoms. The number of likely N-dealkylation sites (tertiary alicyclic amines) is 1. The Bertz CT molecular complexity index is 1090. The standard InChI is InChI=1S/C23H21FN4O3/c24-16-5-3-14(4-6-16)23(30)28-12-18-17(19(18)13-28)7-9-26-22(29)20-10-21(31-27-20)15-2-1-8-25-11-15/h1-6,8,10-11,17-19H,7,9,12-13H2,(H,26,29)/t17-,18-,19+. The molecule has 8 heteroatoms. The number of nitrogens with one attached hydrogen (secondary N) is 1. The minimum atomic E-state index is -0.346. The minimum absolute atomic E-state index is 0.0466. The topological polar surface area (TPSA) is 88.3 Å². The van der Waals surface area contributed by atoms with Crippen LogP contribution in [-0.2, 0) is 0 Å². The summed E-state index contributed by atoms with van der Waals surface area (Å²) < 4.78 is 18.3. The maximum absolute atomic E-state index is 13.0. The van der Waals surface area contributed by atoms with Crippen molar-refractivity contribution in [3.8, 4) is 11.3 Å². The number of nitrogens with zero attached hydrogens (tertiary/aromatic N) is 3. The van der Waals surface area contributed by atoms with Gasteiger partial charge >= 0.3 is 0 Å². The van der Waals surface area contributed by atoms with Gasteiger partial charge in [-0.3, -0.25) is 14.6 Å². The van der Waals surface area contributed by atoms with Crippen molar-refractivity contribution >= 4 is 11.8 Å². The number of hydrogen-bond acceptors (Lipinski definition) is 5. The number of fused-ring (bicyclic) bond motifs is 1. The molecule has 1 N–H and O–H groups in total. The first-order valence-electron chi connectivity index (χ1n) is 10.3. The van der Waals surface area contributed by atoms with Gasteiger partial charge in [0.05, 0.1) is 0 Å². The summed E-state index contributed by atoms with van der Waals surface area (Å²) in [7, 11) is 0. The summed E-state index contributed by atoms with van der Waals surface area (Å²) in [5.41, 5.74) is 1.52. The first-order valence-corrected chi connectivity index (χ1v) is 10.3. The lowest BCUT2D eigenvalue weighted by Gasteiger charge is -2.20.